The first-order chi connectivity index (χ1) is 15.3. The number of hydrogen-bond donors (Lipinski definition) is 3. The van der Waals surface area contributed by atoms with Crippen molar-refractivity contribution in [2.24, 2.45) is 0 Å². The van der Waals surface area contributed by atoms with Crippen LogP contribution >= 0.6 is 11.6 Å². The van der Waals surface area contributed by atoms with Crippen LogP contribution in [0.25, 0.3) is 15.7 Å². The van der Waals surface area contributed by atoms with Gasteiger partial charge >= 0.3 is 11.6 Å². The maximum absolute atomic E-state index is 13.0. The number of aryl methyl sites for hydroxylation is 2. The number of hydrogen-bond acceptors (Lipinski definition) is 4. The standard InChI is InChI=1S/C23H20ClN7O/c1-13-6-21(25)29-14(2)18(13)11-28-23(32)20-9-22(26-3)30-31(20)12-15-4-5-16-8-17(24)10-27-19(16)7-15/h4-10H,11-12H2,1-2H3,(H3,25,28,29,32)/p+1. The van der Waals surface area contributed by atoms with Gasteiger partial charge < -0.3 is 15.9 Å². The van der Waals surface area contributed by atoms with E-state index >= 15 is 0 Å². The number of nitrogens with zero attached hydrogens (tertiary/aromatic N) is 4. The van der Waals surface area contributed by atoms with Crippen LogP contribution in [-0.2, 0) is 13.1 Å². The van der Waals surface area contributed by atoms with Crippen molar-refractivity contribution >= 4 is 40.0 Å². The Balaban J connectivity index is 1.58. The third-order valence-electron chi connectivity index (χ3n) is 5.22. The molecule has 0 saturated carbocycles. The van der Waals surface area contributed by atoms with Gasteiger partial charge in [0.2, 0.25) is 6.54 Å². The lowest BCUT2D eigenvalue weighted by molar-refractivity contribution is -0.743. The number of aromatic amines is 1. The Kier molecular flexibility index (Phi) is 5.75. The van der Waals surface area contributed by atoms with Crippen LogP contribution in [0.4, 0.5) is 11.6 Å². The maximum Gasteiger partial charge on any atom is 0.319 e. The van der Waals surface area contributed by atoms with Gasteiger partial charge in [0.05, 0.1) is 10.5 Å². The van der Waals surface area contributed by atoms with Crippen molar-refractivity contribution in [3.8, 4) is 0 Å². The lowest BCUT2D eigenvalue weighted by atomic mass is 10.1. The quantitative estimate of drug-likeness (QED) is 0.321. The van der Waals surface area contributed by atoms with Gasteiger partial charge in [-0.25, -0.2) is 4.98 Å². The molecule has 0 spiro atoms. The topological polar surface area (TPSA) is 105 Å². The van der Waals surface area contributed by atoms with Crippen LogP contribution in [0, 0.1) is 20.4 Å². The second-order valence-corrected chi connectivity index (χ2v) is 7.95. The summed E-state index contributed by atoms with van der Waals surface area (Å²) in [7, 11) is 0. The number of nitrogen functional groups attached to an aromatic ring is 1. The van der Waals surface area contributed by atoms with E-state index in [1.807, 2.05) is 38.1 Å². The number of halogens is 1. The molecule has 1 amide bonds. The minimum Gasteiger partial charge on any atom is -0.384 e. The first-order valence-corrected chi connectivity index (χ1v) is 10.3. The Hall–Kier alpha value is -3.96. The molecular formula is C23H21ClN7O+. The molecule has 0 radical (unpaired) electrons. The van der Waals surface area contributed by atoms with E-state index < -0.39 is 0 Å². The number of amides is 1. The molecule has 0 atom stereocenters. The van der Waals surface area contributed by atoms with Crippen LogP contribution in [0.1, 0.15) is 32.9 Å². The van der Waals surface area contributed by atoms with E-state index in [-0.39, 0.29) is 11.7 Å². The number of pyridine rings is 2. The minimum absolute atomic E-state index is 0.280. The van der Waals surface area contributed by atoms with Crippen LogP contribution in [0.5, 0.6) is 0 Å². The summed E-state index contributed by atoms with van der Waals surface area (Å²) >= 11 is 6.01. The average molecular weight is 447 g/mol. The molecule has 3 heterocycles. The number of fused-ring (bicyclic) bond motifs is 1. The minimum atomic E-state index is -0.294. The van der Waals surface area contributed by atoms with Gasteiger partial charge in [-0.15, -0.1) is 0 Å². The predicted molar refractivity (Wildman–Crippen MR) is 122 cm³/mol. The molecule has 160 valence electrons. The highest BCUT2D eigenvalue weighted by molar-refractivity contribution is 6.31. The summed E-state index contributed by atoms with van der Waals surface area (Å²) in [6.07, 6.45) is 1.60. The summed E-state index contributed by atoms with van der Waals surface area (Å²) in [5.41, 5.74) is 10.5. The van der Waals surface area contributed by atoms with E-state index in [4.69, 9.17) is 23.9 Å². The average Bonchev–Trinajstić information content (AvgIpc) is 3.16. The summed E-state index contributed by atoms with van der Waals surface area (Å²) in [4.78, 5) is 25.0. The number of H-pyrrole nitrogens is 1. The molecule has 0 saturated heterocycles. The third-order valence-corrected chi connectivity index (χ3v) is 5.43. The number of benzene rings is 1. The van der Waals surface area contributed by atoms with E-state index in [1.165, 1.54) is 0 Å². The summed E-state index contributed by atoms with van der Waals surface area (Å²) in [5, 5.41) is 7.41. The molecular weight excluding hydrogens is 426 g/mol. The second-order valence-electron chi connectivity index (χ2n) is 7.52. The van der Waals surface area contributed by atoms with Crippen LogP contribution in [-0.4, -0.2) is 21.0 Å². The molecule has 0 aliphatic rings. The number of nitrogens with two attached hydrogens (primary N) is 1. The number of aromatic nitrogens is 4. The zero-order chi connectivity index (χ0) is 22.8. The first-order valence-electron chi connectivity index (χ1n) is 9.89. The lowest BCUT2D eigenvalue weighted by Crippen LogP contribution is -2.44. The predicted octanol–water partition coefficient (Wildman–Crippen LogP) is 3.63. The van der Waals surface area contributed by atoms with Gasteiger partial charge in [0.25, 0.3) is 5.82 Å². The molecule has 4 aromatic rings. The highest BCUT2D eigenvalue weighted by atomic mass is 35.5. The largest absolute Gasteiger partial charge is 0.384 e. The molecule has 0 fully saturated rings. The Morgan fingerprint density at radius 3 is 2.84 bits per heavy atom. The molecule has 32 heavy (non-hydrogen) atoms. The first kappa shape index (κ1) is 21.3. The zero-order valence-corrected chi connectivity index (χ0v) is 18.4. The molecule has 0 aliphatic carbocycles. The molecule has 0 aliphatic heterocycles. The molecule has 1 aromatic carbocycles. The van der Waals surface area contributed by atoms with E-state index in [9.17, 15) is 4.79 Å². The third kappa shape index (κ3) is 4.38. The summed E-state index contributed by atoms with van der Waals surface area (Å²) < 4.78 is 1.65. The van der Waals surface area contributed by atoms with Crippen LogP contribution in [0.3, 0.4) is 0 Å². The van der Waals surface area contributed by atoms with Crippen molar-refractivity contribution in [3.63, 3.8) is 0 Å². The van der Waals surface area contributed by atoms with Crippen molar-refractivity contribution in [1.82, 2.24) is 20.4 Å². The molecule has 4 rings (SSSR count). The van der Waals surface area contributed by atoms with E-state index in [0.717, 1.165) is 33.3 Å². The van der Waals surface area contributed by atoms with Gasteiger partial charge in [0.1, 0.15) is 5.82 Å². The van der Waals surface area contributed by atoms with Crippen molar-refractivity contribution < 1.29 is 9.48 Å². The molecule has 0 bridgehead atoms. The Morgan fingerprint density at radius 2 is 2.09 bits per heavy atom. The fourth-order valence-electron chi connectivity index (χ4n) is 3.64. The Bertz CT molecular complexity index is 1360. The highest BCUT2D eigenvalue weighted by Gasteiger charge is 2.26. The van der Waals surface area contributed by atoms with Crippen molar-refractivity contribution in [3.05, 3.63) is 87.1 Å². The Morgan fingerprint density at radius 1 is 1.28 bits per heavy atom. The maximum atomic E-state index is 13.0. The van der Waals surface area contributed by atoms with E-state index in [1.54, 1.807) is 23.0 Å². The van der Waals surface area contributed by atoms with Gasteiger partial charge in [-0.2, -0.15) is 0 Å². The van der Waals surface area contributed by atoms with Crippen LogP contribution in [0.2, 0.25) is 5.02 Å². The van der Waals surface area contributed by atoms with Gasteiger partial charge in [0, 0.05) is 35.5 Å². The fourth-order valence-corrected chi connectivity index (χ4v) is 3.81. The SMILES string of the molecule is [C-]#[N+]c1cc(C(=O)NCc2c(C)cc(N)nc2C)[n+](Cc2ccc3cc(Cl)cnc3c2)[nH]1. The molecule has 9 heteroatoms. The van der Waals surface area contributed by atoms with Crippen molar-refractivity contribution in [2.75, 3.05) is 5.73 Å². The molecule has 4 N–H and O–H groups in total. The number of carbonyl (C=O) groups is 1. The second kappa shape index (κ2) is 8.65. The summed E-state index contributed by atoms with van der Waals surface area (Å²) in [5.74, 6) is 0.437. The molecule has 0 unspecified atom stereocenters. The van der Waals surface area contributed by atoms with Crippen LogP contribution < -0.4 is 15.7 Å². The number of carbonyl (C=O) groups excluding carboxylic acids is 1. The number of anilines is 1. The smallest absolute Gasteiger partial charge is 0.319 e. The van der Waals surface area contributed by atoms with Gasteiger partial charge in [-0.3, -0.25) is 9.78 Å². The van der Waals surface area contributed by atoms with Crippen LogP contribution in [0.15, 0.2) is 42.6 Å². The van der Waals surface area contributed by atoms with Crippen molar-refractivity contribution in [2.45, 2.75) is 26.9 Å². The van der Waals surface area contributed by atoms with E-state index in [0.29, 0.717) is 29.6 Å². The number of nitrogens with one attached hydrogen (secondary N) is 2. The highest BCUT2D eigenvalue weighted by Crippen LogP contribution is 2.19. The zero-order valence-electron chi connectivity index (χ0n) is 17.6. The van der Waals surface area contributed by atoms with E-state index in [2.05, 4.69) is 25.2 Å². The van der Waals surface area contributed by atoms with Crippen molar-refractivity contribution in [1.29, 1.82) is 0 Å². The normalized spacial score (nSPS) is 10.8. The molecule has 8 nitrogen and oxygen atoms in total. The monoisotopic (exact) mass is 446 g/mol. The number of rotatable bonds is 5. The lowest BCUT2D eigenvalue weighted by Gasteiger charge is -2.10. The van der Waals surface area contributed by atoms with Gasteiger partial charge in [-0.1, -0.05) is 35.4 Å². The summed E-state index contributed by atoms with van der Waals surface area (Å²) in [6.45, 7) is 11.8. The molecule has 3 aromatic heterocycles. The fraction of sp³-hybridized carbons (Fsp3) is 0.174. The summed E-state index contributed by atoms with van der Waals surface area (Å²) in [6, 6.07) is 11.0. The van der Waals surface area contributed by atoms with Gasteiger partial charge in [-0.05, 0) is 47.9 Å². The Labute approximate surface area is 189 Å². The van der Waals surface area contributed by atoms with Gasteiger partial charge in [0.15, 0.2) is 0 Å².